The number of hydrogen-bond acceptors (Lipinski definition) is 5. The van der Waals surface area contributed by atoms with E-state index in [1.807, 2.05) is 6.92 Å². The van der Waals surface area contributed by atoms with Gasteiger partial charge in [0.2, 0.25) is 0 Å². The highest BCUT2D eigenvalue weighted by molar-refractivity contribution is 7.86. The summed E-state index contributed by atoms with van der Waals surface area (Å²) in [5, 5.41) is 0. The molecule has 1 saturated heterocycles. The molecule has 0 amide bonds. The zero-order valence-electron chi connectivity index (χ0n) is 16.6. The summed E-state index contributed by atoms with van der Waals surface area (Å²) in [6.07, 6.45) is 0.448. The van der Waals surface area contributed by atoms with Crippen LogP contribution in [0.3, 0.4) is 0 Å². The van der Waals surface area contributed by atoms with Crippen molar-refractivity contribution in [2.75, 3.05) is 6.61 Å². The molecule has 2 aromatic rings. The molecule has 0 unspecified atom stereocenters. The van der Waals surface area contributed by atoms with Gasteiger partial charge in [-0.1, -0.05) is 48.1 Å². The van der Waals surface area contributed by atoms with E-state index in [1.165, 1.54) is 24.3 Å². The number of halogens is 3. The molecule has 0 N–H and O–H groups in total. The molecule has 31 heavy (non-hydrogen) atoms. The summed E-state index contributed by atoms with van der Waals surface area (Å²) in [4.78, 5) is 0.0414. The van der Waals surface area contributed by atoms with Crippen molar-refractivity contribution in [1.82, 2.24) is 0 Å². The van der Waals surface area contributed by atoms with Gasteiger partial charge in [-0.25, -0.2) is 4.18 Å². The average Bonchev–Trinajstić information content (AvgIpc) is 2.71. The van der Waals surface area contributed by atoms with E-state index in [1.54, 1.807) is 36.4 Å². The Balaban J connectivity index is 1.55. The smallest absolute Gasteiger partial charge is 0.349 e. The molecular weight excluding hydrogens is 433 g/mol. The first-order valence-electron chi connectivity index (χ1n) is 9.43. The molecule has 5 nitrogen and oxygen atoms in total. The molecule has 166 valence electrons. The van der Waals surface area contributed by atoms with Gasteiger partial charge in [0, 0.05) is 6.42 Å². The van der Waals surface area contributed by atoms with Crippen LogP contribution in [0.2, 0.25) is 0 Å². The quantitative estimate of drug-likeness (QED) is 0.450. The fourth-order valence-corrected chi connectivity index (χ4v) is 3.72. The Labute approximate surface area is 178 Å². The third-order valence-corrected chi connectivity index (χ3v) is 5.69. The monoisotopic (exact) mass is 454 g/mol. The van der Waals surface area contributed by atoms with Crippen molar-refractivity contribution in [2.24, 2.45) is 0 Å². The third kappa shape index (κ3) is 6.76. The van der Waals surface area contributed by atoms with E-state index < -0.39 is 34.4 Å². The van der Waals surface area contributed by atoms with E-state index in [2.05, 4.69) is 0 Å². The maximum absolute atomic E-state index is 12.6. The fraction of sp³-hybridized carbons (Fsp3) is 0.273. The van der Waals surface area contributed by atoms with Crippen molar-refractivity contribution in [3.8, 4) is 0 Å². The molecule has 0 aliphatic carbocycles. The lowest BCUT2D eigenvalue weighted by Gasteiger charge is -2.27. The molecular formula is C22H21F3O5S. The Morgan fingerprint density at radius 2 is 1.71 bits per heavy atom. The molecule has 0 radical (unpaired) electrons. The summed E-state index contributed by atoms with van der Waals surface area (Å²) in [5.74, 6) is 0. The molecule has 2 aromatic carbocycles. The first-order valence-corrected chi connectivity index (χ1v) is 10.8. The van der Waals surface area contributed by atoms with Crippen LogP contribution in [0.1, 0.15) is 23.1 Å². The molecule has 1 aliphatic rings. The summed E-state index contributed by atoms with van der Waals surface area (Å²) < 4.78 is 78.6. The van der Waals surface area contributed by atoms with Gasteiger partial charge in [-0.05, 0) is 42.8 Å². The predicted molar refractivity (Wildman–Crippen MR) is 108 cm³/mol. The molecule has 9 heteroatoms. The minimum absolute atomic E-state index is 0.0414. The second kappa shape index (κ2) is 9.78. The van der Waals surface area contributed by atoms with E-state index in [4.69, 9.17) is 13.7 Å². The van der Waals surface area contributed by atoms with Gasteiger partial charge < -0.3 is 9.47 Å². The maximum Gasteiger partial charge on any atom is 0.416 e. The predicted octanol–water partition coefficient (Wildman–Crippen LogP) is 5.08. The lowest BCUT2D eigenvalue weighted by atomic mass is 10.1. The van der Waals surface area contributed by atoms with E-state index in [0.29, 0.717) is 5.56 Å². The van der Waals surface area contributed by atoms with Gasteiger partial charge in [0.1, 0.15) is 0 Å². The van der Waals surface area contributed by atoms with Crippen LogP contribution in [0.25, 0.3) is 6.08 Å². The molecule has 1 fully saturated rings. The number of rotatable bonds is 6. The van der Waals surface area contributed by atoms with E-state index in [9.17, 15) is 21.6 Å². The Hall–Kier alpha value is -2.46. The molecule has 1 aliphatic heterocycles. The number of benzene rings is 2. The Morgan fingerprint density at radius 1 is 1.03 bits per heavy atom. The van der Waals surface area contributed by atoms with Gasteiger partial charge in [0.15, 0.2) is 12.6 Å². The first-order chi connectivity index (χ1) is 14.6. The van der Waals surface area contributed by atoms with Gasteiger partial charge >= 0.3 is 6.18 Å². The van der Waals surface area contributed by atoms with Crippen LogP contribution >= 0.6 is 0 Å². The van der Waals surface area contributed by atoms with Gasteiger partial charge in [-0.15, -0.1) is 0 Å². The second-order valence-corrected chi connectivity index (χ2v) is 8.39. The van der Waals surface area contributed by atoms with Crippen LogP contribution in [0, 0.1) is 6.92 Å². The van der Waals surface area contributed by atoms with E-state index in [-0.39, 0.29) is 17.9 Å². The molecule has 0 saturated carbocycles. The maximum atomic E-state index is 12.6. The number of alkyl halides is 3. The van der Waals surface area contributed by atoms with Crippen molar-refractivity contribution in [2.45, 2.75) is 37.0 Å². The SMILES string of the molecule is Cc1ccc(S(=O)(=O)O[C@H]2CCO[C@@H](C=CC=Cc3ccc(C(F)(F)F)cc3)O2)cc1. The number of ether oxygens (including phenoxy) is 2. The Morgan fingerprint density at radius 3 is 2.35 bits per heavy atom. The largest absolute Gasteiger partial charge is 0.416 e. The van der Waals surface area contributed by atoms with Crippen LogP contribution in [0.5, 0.6) is 0 Å². The minimum atomic E-state index is -4.37. The number of hydrogen-bond donors (Lipinski definition) is 0. The summed E-state index contributed by atoms with van der Waals surface area (Å²) in [7, 11) is -3.97. The van der Waals surface area contributed by atoms with Crippen LogP contribution in [0.15, 0.2) is 71.7 Å². The summed E-state index contributed by atoms with van der Waals surface area (Å²) in [6.45, 7) is 2.09. The van der Waals surface area contributed by atoms with Crippen molar-refractivity contribution in [3.63, 3.8) is 0 Å². The topological polar surface area (TPSA) is 61.8 Å². The molecule has 0 bridgehead atoms. The highest BCUT2D eigenvalue weighted by atomic mass is 32.2. The number of allylic oxidation sites excluding steroid dienone is 2. The molecule has 2 atom stereocenters. The lowest BCUT2D eigenvalue weighted by molar-refractivity contribution is -0.239. The van der Waals surface area contributed by atoms with Gasteiger partial charge in [-0.3, -0.25) is 0 Å². The van der Waals surface area contributed by atoms with Crippen molar-refractivity contribution < 1.29 is 35.2 Å². The molecule has 1 heterocycles. The molecule has 0 aromatic heterocycles. The summed E-state index contributed by atoms with van der Waals surface area (Å²) >= 11 is 0. The highest BCUT2D eigenvalue weighted by Crippen LogP contribution is 2.29. The van der Waals surface area contributed by atoms with Gasteiger partial charge in [-0.2, -0.15) is 21.6 Å². The Kier molecular flexibility index (Phi) is 7.32. The van der Waals surface area contributed by atoms with Crippen LogP contribution in [-0.4, -0.2) is 27.6 Å². The summed E-state index contributed by atoms with van der Waals surface area (Å²) in [6, 6.07) is 11.0. The van der Waals surface area contributed by atoms with Crippen LogP contribution in [-0.2, 0) is 30.0 Å². The Bertz CT molecular complexity index is 1030. The van der Waals surface area contributed by atoms with Gasteiger partial charge in [0.25, 0.3) is 10.1 Å². The van der Waals surface area contributed by atoms with Crippen molar-refractivity contribution in [1.29, 1.82) is 0 Å². The van der Waals surface area contributed by atoms with Crippen molar-refractivity contribution >= 4 is 16.2 Å². The zero-order chi connectivity index (χ0) is 22.5. The standard InChI is InChI=1S/C22H21F3O5S/c1-16-6-12-19(13-7-16)31(26,27)30-21-14-15-28-20(29-21)5-3-2-4-17-8-10-18(11-9-17)22(23,24)25/h2-13,20-21H,14-15H2,1H3/t20-,21+/m1/s1. The normalized spacial score (nSPS) is 20.5. The fourth-order valence-electron chi connectivity index (χ4n) is 2.72. The first kappa shape index (κ1) is 23.2. The zero-order valence-corrected chi connectivity index (χ0v) is 17.4. The minimum Gasteiger partial charge on any atom is -0.349 e. The van der Waals surface area contributed by atoms with Crippen LogP contribution < -0.4 is 0 Å². The van der Waals surface area contributed by atoms with E-state index in [0.717, 1.165) is 17.7 Å². The highest BCUT2D eigenvalue weighted by Gasteiger charge is 2.30. The average molecular weight is 454 g/mol. The second-order valence-electron chi connectivity index (χ2n) is 6.82. The lowest BCUT2D eigenvalue weighted by Crippen LogP contribution is -2.34. The van der Waals surface area contributed by atoms with Crippen molar-refractivity contribution in [3.05, 3.63) is 83.4 Å². The number of aryl methyl sites for hydroxylation is 1. The molecule has 3 rings (SSSR count). The van der Waals surface area contributed by atoms with E-state index >= 15 is 0 Å². The van der Waals surface area contributed by atoms with Crippen LogP contribution in [0.4, 0.5) is 13.2 Å². The van der Waals surface area contributed by atoms with Gasteiger partial charge in [0.05, 0.1) is 17.1 Å². The molecule has 0 spiro atoms. The summed E-state index contributed by atoms with van der Waals surface area (Å²) in [5.41, 5.74) is 0.806. The third-order valence-electron chi connectivity index (χ3n) is 4.37.